The summed E-state index contributed by atoms with van der Waals surface area (Å²) >= 11 is 7.40. The van der Waals surface area contributed by atoms with E-state index >= 15 is 0 Å². The second-order valence-corrected chi connectivity index (χ2v) is 8.34. The molecule has 0 aliphatic rings. The first kappa shape index (κ1) is 20.5. The van der Waals surface area contributed by atoms with Crippen molar-refractivity contribution in [3.63, 3.8) is 0 Å². The van der Waals surface area contributed by atoms with Crippen molar-refractivity contribution in [3.8, 4) is 5.75 Å². The number of hydrogen-bond donors (Lipinski definition) is 1. The van der Waals surface area contributed by atoms with Gasteiger partial charge in [-0.15, -0.1) is 0 Å². The SMILES string of the molecule is COc1ccc2c(c1)c(Nc1cccc(Cl)c1)nn2C(Cc1ccccc1)c1cnsn1. The fraction of sp³-hybridized carbons (Fsp3) is 0.125. The summed E-state index contributed by atoms with van der Waals surface area (Å²) in [4.78, 5) is 0. The smallest absolute Gasteiger partial charge is 0.160 e. The van der Waals surface area contributed by atoms with Gasteiger partial charge in [0.15, 0.2) is 5.82 Å². The van der Waals surface area contributed by atoms with Gasteiger partial charge in [-0.3, -0.25) is 4.68 Å². The molecular weight excluding hydrogens is 442 g/mol. The molecular formula is C24H20ClN5OS. The highest BCUT2D eigenvalue weighted by atomic mass is 35.5. The third kappa shape index (κ3) is 4.17. The molecule has 0 spiro atoms. The van der Waals surface area contributed by atoms with E-state index in [2.05, 4.69) is 26.2 Å². The Hall–Kier alpha value is -3.42. The first-order valence-corrected chi connectivity index (χ1v) is 11.2. The monoisotopic (exact) mass is 461 g/mol. The topological polar surface area (TPSA) is 64.9 Å². The largest absolute Gasteiger partial charge is 0.497 e. The molecule has 0 radical (unpaired) electrons. The molecule has 1 unspecified atom stereocenters. The van der Waals surface area contributed by atoms with Gasteiger partial charge in [0.1, 0.15) is 11.8 Å². The highest BCUT2D eigenvalue weighted by Crippen LogP contribution is 2.34. The van der Waals surface area contributed by atoms with Gasteiger partial charge in [-0.1, -0.05) is 48.0 Å². The molecule has 0 aliphatic heterocycles. The van der Waals surface area contributed by atoms with E-state index in [0.29, 0.717) is 5.02 Å². The lowest BCUT2D eigenvalue weighted by Gasteiger charge is -2.16. The molecule has 1 N–H and O–H groups in total. The molecule has 32 heavy (non-hydrogen) atoms. The van der Waals surface area contributed by atoms with Crippen LogP contribution in [-0.4, -0.2) is 25.6 Å². The lowest BCUT2D eigenvalue weighted by Crippen LogP contribution is -2.15. The predicted molar refractivity (Wildman–Crippen MR) is 129 cm³/mol. The summed E-state index contributed by atoms with van der Waals surface area (Å²) in [5.41, 5.74) is 3.92. The number of methoxy groups -OCH3 is 1. The highest BCUT2D eigenvalue weighted by Gasteiger charge is 2.23. The van der Waals surface area contributed by atoms with Crippen LogP contribution in [0.1, 0.15) is 17.3 Å². The van der Waals surface area contributed by atoms with E-state index in [9.17, 15) is 0 Å². The van der Waals surface area contributed by atoms with Crippen molar-refractivity contribution in [2.45, 2.75) is 12.5 Å². The molecule has 0 aliphatic carbocycles. The van der Waals surface area contributed by atoms with Gasteiger partial charge >= 0.3 is 0 Å². The van der Waals surface area contributed by atoms with Gasteiger partial charge < -0.3 is 10.1 Å². The van der Waals surface area contributed by atoms with E-state index in [1.165, 1.54) is 17.3 Å². The van der Waals surface area contributed by atoms with Crippen molar-refractivity contribution in [2.75, 3.05) is 12.4 Å². The molecule has 5 aromatic rings. The number of hydrogen-bond acceptors (Lipinski definition) is 6. The predicted octanol–water partition coefficient (Wildman–Crippen LogP) is 6.13. The van der Waals surface area contributed by atoms with Crippen LogP contribution >= 0.6 is 23.3 Å². The number of halogens is 1. The van der Waals surface area contributed by atoms with Crippen LogP contribution in [0, 0.1) is 0 Å². The summed E-state index contributed by atoms with van der Waals surface area (Å²) < 4.78 is 16.3. The van der Waals surface area contributed by atoms with Gasteiger partial charge in [0.2, 0.25) is 0 Å². The molecule has 5 rings (SSSR count). The van der Waals surface area contributed by atoms with E-state index in [4.69, 9.17) is 21.4 Å². The second kappa shape index (κ2) is 8.98. The summed E-state index contributed by atoms with van der Waals surface area (Å²) in [6, 6.07) is 23.8. The zero-order valence-electron chi connectivity index (χ0n) is 17.3. The van der Waals surface area contributed by atoms with E-state index in [1.54, 1.807) is 7.11 Å². The van der Waals surface area contributed by atoms with Crippen molar-refractivity contribution in [3.05, 3.63) is 95.3 Å². The fourth-order valence-corrected chi connectivity index (χ4v) is 4.41. The quantitative estimate of drug-likeness (QED) is 0.316. The summed E-state index contributed by atoms with van der Waals surface area (Å²) in [7, 11) is 1.66. The van der Waals surface area contributed by atoms with Crippen LogP contribution in [0.5, 0.6) is 5.75 Å². The van der Waals surface area contributed by atoms with E-state index < -0.39 is 0 Å². The average molecular weight is 462 g/mol. The minimum Gasteiger partial charge on any atom is -0.497 e. The number of aromatic nitrogens is 4. The number of anilines is 2. The number of fused-ring (bicyclic) bond motifs is 1. The molecule has 0 amide bonds. The fourth-order valence-electron chi connectivity index (χ4n) is 3.75. The van der Waals surface area contributed by atoms with Gasteiger partial charge in [-0.2, -0.15) is 13.8 Å². The number of ether oxygens (including phenoxy) is 1. The maximum atomic E-state index is 6.19. The van der Waals surface area contributed by atoms with E-state index in [-0.39, 0.29) is 6.04 Å². The molecule has 2 heterocycles. The van der Waals surface area contributed by atoms with Gasteiger partial charge in [0, 0.05) is 22.5 Å². The molecule has 8 heteroatoms. The minimum absolute atomic E-state index is 0.109. The lowest BCUT2D eigenvalue weighted by atomic mass is 10.0. The second-order valence-electron chi connectivity index (χ2n) is 7.35. The maximum Gasteiger partial charge on any atom is 0.160 e. The molecule has 160 valence electrons. The van der Waals surface area contributed by atoms with Crippen molar-refractivity contribution >= 4 is 45.7 Å². The zero-order valence-corrected chi connectivity index (χ0v) is 18.8. The third-order valence-electron chi connectivity index (χ3n) is 5.29. The van der Waals surface area contributed by atoms with Gasteiger partial charge in [0.25, 0.3) is 0 Å². The number of rotatable bonds is 7. The molecule has 0 fully saturated rings. The van der Waals surface area contributed by atoms with Crippen LogP contribution in [-0.2, 0) is 6.42 Å². The lowest BCUT2D eigenvalue weighted by molar-refractivity contribution is 0.415. The summed E-state index contributed by atoms with van der Waals surface area (Å²) in [5.74, 6) is 1.49. The molecule has 0 saturated heterocycles. The maximum absolute atomic E-state index is 6.19. The molecule has 0 bridgehead atoms. The standard InChI is InChI=1S/C24H20ClN5OS/c1-31-19-10-11-22-20(14-19)24(27-18-9-5-8-17(25)13-18)28-30(22)23(21-15-26-32-29-21)12-16-6-3-2-4-7-16/h2-11,13-15,23H,12H2,1H3,(H,27,28). The van der Waals surface area contributed by atoms with Crippen LogP contribution in [0.25, 0.3) is 10.9 Å². The number of nitrogens with zero attached hydrogens (tertiary/aromatic N) is 4. The van der Waals surface area contributed by atoms with E-state index in [1.807, 2.05) is 71.5 Å². The van der Waals surface area contributed by atoms with Crippen LogP contribution in [0.15, 0.2) is 79.0 Å². The Balaban J connectivity index is 1.64. The Bertz CT molecular complexity index is 1340. The first-order valence-electron chi connectivity index (χ1n) is 10.1. The molecule has 2 aromatic heterocycles. The summed E-state index contributed by atoms with van der Waals surface area (Å²) in [6.07, 6.45) is 2.56. The third-order valence-corrected chi connectivity index (χ3v) is 6.01. The van der Waals surface area contributed by atoms with Crippen LogP contribution in [0.2, 0.25) is 5.02 Å². The molecule has 3 aromatic carbocycles. The van der Waals surface area contributed by atoms with Crippen molar-refractivity contribution < 1.29 is 4.74 Å². The molecule has 6 nitrogen and oxygen atoms in total. The zero-order chi connectivity index (χ0) is 21.9. The van der Waals surface area contributed by atoms with Gasteiger partial charge in [-0.05, 0) is 42.0 Å². The minimum atomic E-state index is -0.109. The molecule has 0 saturated carbocycles. The number of benzene rings is 3. The average Bonchev–Trinajstić information content (AvgIpc) is 3.47. The normalized spacial score (nSPS) is 12.1. The van der Waals surface area contributed by atoms with Crippen LogP contribution < -0.4 is 10.1 Å². The van der Waals surface area contributed by atoms with Crippen LogP contribution in [0.3, 0.4) is 0 Å². The Morgan fingerprint density at radius 1 is 1.06 bits per heavy atom. The van der Waals surface area contributed by atoms with Crippen molar-refractivity contribution in [2.24, 2.45) is 0 Å². The Morgan fingerprint density at radius 3 is 2.69 bits per heavy atom. The Kier molecular flexibility index (Phi) is 5.75. The summed E-state index contributed by atoms with van der Waals surface area (Å²) in [5, 5.41) is 10.0. The van der Waals surface area contributed by atoms with Gasteiger partial charge in [0.05, 0.1) is 36.2 Å². The first-order chi connectivity index (χ1) is 15.7. The van der Waals surface area contributed by atoms with E-state index in [0.717, 1.165) is 40.3 Å². The van der Waals surface area contributed by atoms with Gasteiger partial charge in [-0.25, -0.2) is 0 Å². The number of nitrogens with one attached hydrogen (secondary N) is 1. The van der Waals surface area contributed by atoms with Crippen molar-refractivity contribution in [1.82, 2.24) is 18.5 Å². The Morgan fingerprint density at radius 2 is 1.94 bits per heavy atom. The highest BCUT2D eigenvalue weighted by molar-refractivity contribution is 6.99. The Labute approximate surface area is 194 Å². The molecule has 1 atom stereocenters. The summed E-state index contributed by atoms with van der Waals surface area (Å²) in [6.45, 7) is 0. The van der Waals surface area contributed by atoms with Crippen LogP contribution in [0.4, 0.5) is 11.5 Å². The van der Waals surface area contributed by atoms with Crippen molar-refractivity contribution in [1.29, 1.82) is 0 Å².